The summed E-state index contributed by atoms with van der Waals surface area (Å²) in [6.07, 6.45) is 0.979. The van der Waals surface area contributed by atoms with Gasteiger partial charge < -0.3 is 0 Å². The number of amides is 2. The Labute approximate surface area is 153 Å². The largest absolute Gasteiger partial charge is 0.295 e. The first-order valence-electron chi connectivity index (χ1n) is 7.19. The first-order valence-corrected chi connectivity index (χ1v) is 10.2. The molecule has 0 radical (unpaired) electrons. The Morgan fingerprint density at radius 1 is 1.41 bits per heavy atom. The number of carbonyl (C=O) groups excluding carboxylic acids is 2. The average Bonchev–Trinajstić information content (AvgIpc) is 2.82. The van der Waals surface area contributed by atoms with Crippen molar-refractivity contribution in [2.24, 2.45) is 0 Å². The Balaban J connectivity index is 1.77. The predicted molar refractivity (Wildman–Crippen MR) is 99.5 cm³/mol. The van der Waals surface area contributed by atoms with Crippen molar-refractivity contribution in [3.63, 3.8) is 0 Å². The smallest absolute Gasteiger partial charge is 0.243 e. The Morgan fingerprint density at radius 2 is 2.23 bits per heavy atom. The SMILES string of the molecule is O=C1CCC(N2Cc3cc(SCCI)ccc3C2S)C(=O)N1. The quantitative estimate of drug-likeness (QED) is 0.245. The summed E-state index contributed by atoms with van der Waals surface area (Å²) in [6, 6.07) is 6.20. The van der Waals surface area contributed by atoms with Gasteiger partial charge in [0.25, 0.3) is 0 Å². The molecule has 2 heterocycles. The number of hydrogen-bond acceptors (Lipinski definition) is 5. The standard InChI is InChI=1S/C15H17IN2O2S2/c16-5-6-22-10-1-2-11-9(7-10)8-18(15(11)21)12-3-4-13(19)17-14(12)20/h1-2,7,12,15,21H,3-6,8H2,(H,17,19,20). The van der Waals surface area contributed by atoms with Gasteiger partial charge in [0.15, 0.2) is 0 Å². The number of alkyl halides is 1. The van der Waals surface area contributed by atoms with Crippen LogP contribution in [0.4, 0.5) is 0 Å². The van der Waals surface area contributed by atoms with Gasteiger partial charge in [-0.2, -0.15) is 12.6 Å². The van der Waals surface area contributed by atoms with Gasteiger partial charge in [0.05, 0.1) is 11.4 Å². The van der Waals surface area contributed by atoms with Gasteiger partial charge in [-0.1, -0.05) is 28.7 Å². The zero-order valence-electron chi connectivity index (χ0n) is 11.9. The number of halogens is 1. The predicted octanol–water partition coefficient (Wildman–Crippen LogP) is 2.76. The third-order valence-corrected chi connectivity index (χ3v) is 6.86. The Kier molecular flexibility index (Phi) is 5.36. The minimum absolute atomic E-state index is 0.0809. The fourth-order valence-corrected chi connectivity index (χ4v) is 4.82. The highest BCUT2D eigenvalue weighted by Crippen LogP contribution is 2.40. The first kappa shape index (κ1) is 16.6. The zero-order valence-corrected chi connectivity index (χ0v) is 15.8. The van der Waals surface area contributed by atoms with Crippen LogP contribution in [0.25, 0.3) is 0 Å². The van der Waals surface area contributed by atoms with E-state index in [1.807, 2.05) is 11.8 Å². The molecule has 118 valence electrons. The van der Waals surface area contributed by atoms with Crippen molar-refractivity contribution in [1.29, 1.82) is 0 Å². The van der Waals surface area contributed by atoms with Crippen LogP contribution in [0.1, 0.15) is 29.3 Å². The fraction of sp³-hybridized carbons (Fsp3) is 0.467. The Hall–Kier alpha value is -0.250. The number of thioether (sulfide) groups is 1. The highest BCUT2D eigenvalue weighted by molar-refractivity contribution is 14.1. The number of benzene rings is 1. The summed E-state index contributed by atoms with van der Waals surface area (Å²) in [5.41, 5.74) is 2.41. The molecule has 1 saturated heterocycles. The van der Waals surface area contributed by atoms with E-state index in [0.717, 1.165) is 10.2 Å². The molecule has 0 saturated carbocycles. The number of thiol groups is 1. The molecule has 2 aliphatic rings. The van der Waals surface area contributed by atoms with Gasteiger partial charge >= 0.3 is 0 Å². The molecule has 1 aromatic rings. The van der Waals surface area contributed by atoms with Gasteiger partial charge in [-0.05, 0) is 29.7 Å². The van der Waals surface area contributed by atoms with E-state index in [1.165, 1.54) is 16.0 Å². The molecule has 1 fully saturated rings. The number of nitrogens with one attached hydrogen (secondary N) is 1. The molecule has 3 rings (SSSR count). The van der Waals surface area contributed by atoms with Gasteiger partial charge in [0, 0.05) is 28.0 Å². The lowest BCUT2D eigenvalue weighted by molar-refractivity contribution is -0.137. The van der Waals surface area contributed by atoms with Crippen molar-refractivity contribution >= 4 is 58.8 Å². The molecule has 22 heavy (non-hydrogen) atoms. The van der Waals surface area contributed by atoms with Crippen LogP contribution >= 0.6 is 47.0 Å². The van der Waals surface area contributed by atoms with E-state index >= 15 is 0 Å². The summed E-state index contributed by atoms with van der Waals surface area (Å²) in [7, 11) is 0. The van der Waals surface area contributed by atoms with Crippen LogP contribution in [-0.4, -0.2) is 32.9 Å². The van der Waals surface area contributed by atoms with E-state index in [2.05, 4.69) is 51.0 Å². The number of imide groups is 1. The van der Waals surface area contributed by atoms with Crippen LogP contribution in [0.2, 0.25) is 0 Å². The van der Waals surface area contributed by atoms with Gasteiger partial charge in [-0.3, -0.25) is 19.8 Å². The molecule has 0 aromatic heterocycles. The third-order valence-electron chi connectivity index (χ3n) is 4.02. The molecule has 1 aromatic carbocycles. The van der Waals surface area contributed by atoms with Crippen molar-refractivity contribution in [2.45, 2.75) is 35.7 Å². The van der Waals surface area contributed by atoms with E-state index in [4.69, 9.17) is 12.6 Å². The third kappa shape index (κ3) is 3.32. The number of hydrogen-bond donors (Lipinski definition) is 2. The molecule has 2 unspecified atom stereocenters. The Morgan fingerprint density at radius 3 is 2.95 bits per heavy atom. The molecule has 7 heteroatoms. The van der Waals surface area contributed by atoms with Crippen LogP contribution in [0, 0.1) is 0 Å². The zero-order chi connectivity index (χ0) is 15.7. The van der Waals surface area contributed by atoms with E-state index < -0.39 is 0 Å². The lowest BCUT2D eigenvalue weighted by atomic mass is 10.0. The van der Waals surface area contributed by atoms with Crippen molar-refractivity contribution in [3.05, 3.63) is 29.3 Å². The lowest BCUT2D eigenvalue weighted by Crippen LogP contribution is -2.51. The van der Waals surface area contributed by atoms with Gasteiger partial charge in [0.1, 0.15) is 0 Å². The molecule has 0 bridgehead atoms. The first-order chi connectivity index (χ1) is 10.6. The molecular weight excluding hydrogens is 431 g/mol. The molecule has 2 amide bonds. The van der Waals surface area contributed by atoms with Crippen molar-refractivity contribution < 1.29 is 9.59 Å². The van der Waals surface area contributed by atoms with Gasteiger partial charge in [-0.15, -0.1) is 11.8 Å². The number of piperidine rings is 1. The molecule has 1 N–H and O–H groups in total. The fourth-order valence-electron chi connectivity index (χ4n) is 2.96. The summed E-state index contributed by atoms with van der Waals surface area (Å²) >= 11 is 8.93. The molecule has 2 aliphatic heterocycles. The summed E-state index contributed by atoms with van der Waals surface area (Å²) < 4.78 is 1.12. The molecule has 0 aliphatic carbocycles. The van der Waals surface area contributed by atoms with Crippen molar-refractivity contribution in [2.75, 3.05) is 10.2 Å². The second kappa shape index (κ2) is 7.11. The number of rotatable bonds is 4. The topological polar surface area (TPSA) is 49.4 Å². The van der Waals surface area contributed by atoms with E-state index in [-0.39, 0.29) is 23.2 Å². The average molecular weight is 448 g/mol. The van der Waals surface area contributed by atoms with Crippen LogP contribution in [0.15, 0.2) is 23.1 Å². The number of fused-ring (bicyclic) bond motifs is 1. The maximum absolute atomic E-state index is 12.1. The molecule has 2 atom stereocenters. The summed E-state index contributed by atoms with van der Waals surface area (Å²) in [5, 5.41) is 2.35. The highest BCUT2D eigenvalue weighted by atomic mass is 127. The van der Waals surface area contributed by atoms with Crippen LogP contribution in [0.5, 0.6) is 0 Å². The lowest BCUT2D eigenvalue weighted by Gasteiger charge is -2.32. The van der Waals surface area contributed by atoms with E-state index in [1.54, 1.807) is 0 Å². The maximum Gasteiger partial charge on any atom is 0.243 e. The summed E-state index contributed by atoms with van der Waals surface area (Å²) in [5.74, 6) is 0.731. The summed E-state index contributed by atoms with van der Waals surface area (Å²) in [6.45, 7) is 0.717. The second-order valence-corrected chi connectivity index (χ2v) is 8.15. The van der Waals surface area contributed by atoms with Crippen molar-refractivity contribution in [3.8, 4) is 0 Å². The van der Waals surface area contributed by atoms with E-state index in [0.29, 0.717) is 19.4 Å². The molecule has 4 nitrogen and oxygen atoms in total. The van der Waals surface area contributed by atoms with Crippen LogP contribution < -0.4 is 5.32 Å². The van der Waals surface area contributed by atoms with Gasteiger partial charge in [0.2, 0.25) is 11.8 Å². The molecule has 0 spiro atoms. The van der Waals surface area contributed by atoms with E-state index in [9.17, 15) is 9.59 Å². The number of carbonyl (C=O) groups is 2. The minimum atomic E-state index is -0.266. The normalized spacial score (nSPS) is 25.2. The minimum Gasteiger partial charge on any atom is -0.295 e. The summed E-state index contributed by atoms with van der Waals surface area (Å²) in [4.78, 5) is 26.7. The second-order valence-electron chi connectivity index (χ2n) is 5.41. The maximum atomic E-state index is 12.1. The highest BCUT2D eigenvalue weighted by Gasteiger charge is 2.38. The molecular formula is C15H17IN2O2S2. The van der Waals surface area contributed by atoms with Crippen molar-refractivity contribution in [1.82, 2.24) is 10.2 Å². The van der Waals surface area contributed by atoms with Crippen LogP contribution in [-0.2, 0) is 16.1 Å². The van der Waals surface area contributed by atoms with Gasteiger partial charge in [-0.25, -0.2) is 0 Å². The number of nitrogens with zero attached hydrogens (tertiary/aromatic N) is 1. The van der Waals surface area contributed by atoms with Crippen LogP contribution in [0.3, 0.4) is 0 Å². The Bertz CT molecular complexity index is 611. The monoisotopic (exact) mass is 448 g/mol.